The number of imidazole rings is 1. The predicted octanol–water partition coefficient (Wildman–Crippen LogP) is -1.25. The van der Waals surface area contributed by atoms with Crippen molar-refractivity contribution in [2.45, 2.75) is 43.2 Å². The van der Waals surface area contributed by atoms with E-state index in [4.69, 9.17) is 10.8 Å². The van der Waals surface area contributed by atoms with Crippen molar-refractivity contribution in [2.24, 2.45) is 0 Å². The van der Waals surface area contributed by atoms with E-state index in [-0.39, 0.29) is 19.0 Å². The number of amides is 1. The largest absolute Gasteiger partial charge is 0.396 e. The standard InChI is InChI=1S/C24H29N9O5/c25-14-8-27-32(10-14)23-26-9-17-22(31-23)33(18-7-16(20(37)21(18)38)29-19(36)12-35)24(30-17)28-15(11-34)6-13-4-2-1-3-5-13/h1-5,8-10,15-16,18,20-21,34-35,37-38H,6-7,11-12,25H2,(H,28,30)(H,29,36)/t15-,16-,18+,20+,21-/m0/s1. The van der Waals surface area contributed by atoms with Gasteiger partial charge in [-0.25, -0.2) is 14.6 Å². The van der Waals surface area contributed by atoms with Crippen molar-refractivity contribution in [3.63, 3.8) is 0 Å². The zero-order chi connectivity index (χ0) is 26.8. The molecule has 14 heteroatoms. The number of carbonyl (C=O) groups is 1. The SMILES string of the molecule is Nc1cnn(-c2ncc3nc(N[C@H](CO)Cc4ccccc4)n([C@@H]4C[C@H](NC(=O)CO)[C@@H](O)[C@H]4O)c3n2)c1. The fourth-order valence-corrected chi connectivity index (χ4v) is 4.76. The Balaban J connectivity index is 1.55. The molecule has 8 N–H and O–H groups in total. The number of anilines is 2. The Kier molecular flexibility index (Phi) is 7.20. The van der Waals surface area contributed by atoms with E-state index < -0.39 is 42.8 Å². The minimum atomic E-state index is -1.30. The quantitative estimate of drug-likeness (QED) is 0.138. The van der Waals surface area contributed by atoms with E-state index in [0.29, 0.717) is 29.2 Å². The molecular weight excluding hydrogens is 494 g/mol. The Morgan fingerprint density at radius 2 is 1.92 bits per heavy atom. The normalized spacial score (nSPS) is 22.0. The lowest BCUT2D eigenvalue weighted by Gasteiger charge is -2.23. The first-order valence-electron chi connectivity index (χ1n) is 12.1. The topological polar surface area (TPSA) is 209 Å². The summed E-state index contributed by atoms with van der Waals surface area (Å²) in [6.07, 6.45) is 2.55. The van der Waals surface area contributed by atoms with Crippen LogP contribution in [0.1, 0.15) is 18.0 Å². The van der Waals surface area contributed by atoms with Crippen molar-refractivity contribution in [1.29, 1.82) is 0 Å². The summed E-state index contributed by atoms with van der Waals surface area (Å²) in [6, 6.07) is 7.63. The van der Waals surface area contributed by atoms with Crippen molar-refractivity contribution in [3.05, 3.63) is 54.5 Å². The van der Waals surface area contributed by atoms with Crippen molar-refractivity contribution in [2.75, 3.05) is 24.3 Å². The first-order valence-corrected chi connectivity index (χ1v) is 12.1. The number of rotatable bonds is 9. The van der Waals surface area contributed by atoms with Gasteiger partial charge in [-0.05, 0) is 18.4 Å². The molecule has 14 nitrogen and oxygen atoms in total. The van der Waals surface area contributed by atoms with Gasteiger partial charge in [0.25, 0.3) is 5.95 Å². The smallest absolute Gasteiger partial charge is 0.252 e. The van der Waals surface area contributed by atoms with Crippen LogP contribution in [0, 0.1) is 0 Å². The number of aliphatic hydroxyl groups is 4. The van der Waals surface area contributed by atoms with Crippen LogP contribution >= 0.6 is 0 Å². The number of nitrogen functional groups attached to an aromatic ring is 1. The summed E-state index contributed by atoms with van der Waals surface area (Å²) in [7, 11) is 0. The molecule has 3 heterocycles. The molecule has 0 bridgehead atoms. The Morgan fingerprint density at radius 1 is 1.13 bits per heavy atom. The van der Waals surface area contributed by atoms with Crippen LogP contribution in [0.25, 0.3) is 17.1 Å². The summed E-state index contributed by atoms with van der Waals surface area (Å²) in [5.41, 5.74) is 7.96. The average molecular weight is 524 g/mol. The average Bonchev–Trinajstić information content (AvgIpc) is 3.59. The first-order chi connectivity index (χ1) is 18.4. The Morgan fingerprint density at radius 3 is 2.61 bits per heavy atom. The van der Waals surface area contributed by atoms with E-state index in [1.165, 1.54) is 17.1 Å². The van der Waals surface area contributed by atoms with Gasteiger partial charge in [0.05, 0.1) is 49.0 Å². The second-order valence-corrected chi connectivity index (χ2v) is 9.23. The highest BCUT2D eigenvalue weighted by molar-refractivity contribution is 5.77. The summed E-state index contributed by atoms with van der Waals surface area (Å²) in [4.78, 5) is 25.4. The van der Waals surface area contributed by atoms with Crippen LogP contribution < -0.4 is 16.4 Å². The lowest BCUT2D eigenvalue weighted by molar-refractivity contribution is -0.125. The molecule has 5 rings (SSSR count). The van der Waals surface area contributed by atoms with Crippen LogP contribution in [0.15, 0.2) is 48.9 Å². The molecule has 1 fully saturated rings. The number of fused-ring (bicyclic) bond motifs is 1. The molecule has 0 unspecified atom stereocenters. The number of hydrogen-bond donors (Lipinski definition) is 7. The molecule has 0 spiro atoms. The lowest BCUT2D eigenvalue weighted by Crippen LogP contribution is -2.44. The second kappa shape index (κ2) is 10.7. The van der Waals surface area contributed by atoms with Gasteiger partial charge < -0.3 is 36.8 Å². The molecule has 4 aromatic rings. The van der Waals surface area contributed by atoms with E-state index in [1.807, 2.05) is 30.3 Å². The molecule has 0 radical (unpaired) electrons. The summed E-state index contributed by atoms with van der Waals surface area (Å²) in [6.45, 7) is -0.946. The van der Waals surface area contributed by atoms with Crippen LogP contribution in [-0.2, 0) is 11.2 Å². The minimum absolute atomic E-state index is 0.130. The number of aromatic nitrogens is 6. The number of carbonyl (C=O) groups excluding carboxylic acids is 1. The number of nitrogens with two attached hydrogens (primary N) is 1. The summed E-state index contributed by atoms with van der Waals surface area (Å²) in [5.74, 6) is -0.158. The third-order valence-corrected chi connectivity index (χ3v) is 6.58. The number of benzene rings is 1. The van der Waals surface area contributed by atoms with Gasteiger partial charge in [0.15, 0.2) is 5.65 Å². The van der Waals surface area contributed by atoms with Gasteiger partial charge in [-0.15, -0.1) is 0 Å². The molecule has 0 saturated heterocycles. The van der Waals surface area contributed by atoms with Crippen LogP contribution in [0.3, 0.4) is 0 Å². The monoisotopic (exact) mass is 523 g/mol. The van der Waals surface area contributed by atoms with E-state index in [0.717, 1.165) is 5.56 Å². The molecule has 5 atom stereocenters. The molecular formula is C24H29N9O5. The van der Waals surface area contributed by atoms with Gasteiger partial charge in [0, 0.05) is 0 Å². The predicted molar refractivity (Wildman–Crippen MR) is 136 cm³/mol. The van der Waals surface area contributed by atoms with E-state index >= 15 is 0 Å². The molecule has 0 aliphatic heterocycles. The minimum Gasteiger partial charge on any atom is -0.396 e. The molecule has 38 heavy (non-hydrogen) atoms. The van der Waals surface area contributed by atoms with Gasteiger partial charge in [-0.1, -0.05) is 30.3 Å². The van der Waals surface area contributed by atoms with Crippen molar-refractivity contribution >= 4 is 28.7 Å². The first kappa shape index (κ1) is 25.5. The third-order valence-electron chi connectivity index (χ3n) is 6.58. The summed E-state index contributed by atoms with van der Waals surface area (Å²) >= 11 is 0. The fourth-order valence-electron chi connectivity index (χ4n) is 4.76. The number of hydrogen-bond acceptors (Lipinski definition) is 11. The van der Waals surface area contributed by atoms with E-state index in [1.54, 1.807) is 10.8 Å². The fraction of sp³-hybridized carbons (Fsp3) is 0.375. The maximum atomic E-state index is 11.8. The highest BCUT2D eigenvalue weighted by Crippen LogP contribution is 2.36. The molecule has 1 aromatic carbocycles. The van der Waals surface area contributed by atoms with E-state index in [2.05, 4.69) is 30.7 Å². The summed E-state index contributed by atoms with van der Waals surface area (Å²) in [5, 5.41) is 50.9. The zero-order valence-electron chi connectivity index (χ0n) is 20.3. The maximum absolute atomic E-state index is 11.8. The number of nitrogens with one attached hydrogen (secondary N) is 2. The van der Waals surface area contributed by atoms with Crippen molar-refractivity contribution in [3.8, 4) is 5.95 Å². The molecule has 1 aliphatic rings. The summed E-state index contributed by atoms with van der Waals surface area (Å²) < 4.78 is 3.04. The molecule has 3 aromatic heterocycles. The van der Waals surface area contributed by atoms with Crippen LogP contribution in [0.4, 0.5) is 11.6 Å². The van der Waals surface area contributed by atoms with Gasteiger partial charge >= 0.3 is 0 Å². The van der Waals surface area contributed by atoms with Gasteiger partial charge in [-0.2, -0.15) is 10.1 Å². The highest BCUT2D eigenvalue weighted by atomic mass is 16.3. The molecule has 1 amide bonds. The second-order valence-electron chi connectivity index (χ2n) is 9.23. The van der Waals surface area contributed by atoms with Gasteiger partial charge in [-0.3, -0.25) is 9.36 Å². The molecule has 1 saturated carbocycles. The van der Waals surface area contributed by atoms with Crippen molar-refractivity contribution < 1.29 is 25.2 Å². The zero-order valence-corrected chi connectivity index (χ0v) is 20.3. The number of nitrogens with zero attached hydrogens (tertiary/aromatic N) is 6. The van der Waals surface area contributed by atoms with Gasteiger partial charge in [0.2, 0.25) is 11.9 Å². The Bertz CT molecular complexity index is 1410. The van der Waals surface area contributed by atoms with Gasteiger partial charge in [0.1, 0.15) is 24.3 Å². The lowest BCUT2D eigenvalue weighted by atomic mass is 10.1. The van der Waals surface area contributed by atoms with E-state index in [9.17, 15) is 20.1 Å². The maximum Gasteiger partial charge on any atom is 0.252 e. The highest BCUT2D eigenvalue weighted by Gasteiger charge is 2.44. The molecule has 200 valence electrons. The number of aliphatic hydroxyl groups excluding tert-OH is 4. The third kappa shape index (κ3) is 5.02. The van der Waals surface area contributed by atoms with Crippen molar-refractivity contribution in [1.82, 2.24) is 34.6 Å². The van der Waals surface area contributed by atoms with Crippen LogP contribution in [-0.4, -0.2) is 93.1 Å². The van der Waals surface area contributed by atoms with Crippen LogP contribution in [0.2, 0.25) is 0 Å². The Hall–Kier alpha value is -4.11. The molecule has 1 aliphatic carbocycles. The van der Waals surface area contributed by atoms with Crippen LogP contribution in [0.5, 0.6) is 0 Å². The Labute approximate surface area is 216 Å².